The van der Waals surface area contributed by atoms with E-state index in [4.69, 9.17) is 12.2 Å². The van der Waals surface area contributed by atoms with Gasteiger partial charge in [-0.2, -0.15) is 0 Å². The van der Waals surface area contributed by atoms with E-state index in [-0.39, 0.29) is 5.75 Å². The molecule has 2 aromatic heterocycles. The van der Waals surface area contributed by atoms with Gasteiger partial charge >= 0.3 is 0 Å². The second-order valence-electron chi connectivity index (χ2n) is 3.60. The Morgan fingerprint density at radius 2 is 2.31 bits per heavy atom. The summed E-state index contributed by atoms with van der Waals surface area (Å²) in [6.07, 6.45) is 4.54. The molecule has 5 nitrogen and oxygen atoms in total. The number of nitrogens with one attached hydrogen (secondary N) is 1. The highest BCUT2D eigenvalue weighted by Gasteiger charge is 2.07. The zero-order valence-corrected chi connectivity index (χ0v) is 10.3. The Morgan fingerprint density at radius 3 is 3.00 bits per heavy atom. The largest absolute Gasteiger partial charge is 0.329 e. The maximum absolute atomic E-state index is 11.1. The molecule has 0 amide bonds. The number of aryl methyl sites for hydroxylation is 1. The number of aromatic amines is 1. The van der Waals surface area contributed by atoms with Crippen LogP contribution in [-0.2, 0) is 16.4 Å². The van der Waals surface area contributed by atoms with Crippen LogP contribution in [0.2, 0.25) is 0 Å². The molecule has 0 bridgehead atoms. The van der Waals surface area contributed by atoms with Gasteiger partial charge in [0.05, 0.1) is 23.0 Å². The lowest BCUT2D eigenvalue weighted by atomic mass is 10.4. The Labute approximate surface area is 98.1 Å². The zero-order chi connectivity index (χ0) is 11.8. The first-order valence-electron chi connectivity index (χ1n) is 4.67. The summed E-state index contributed by atoms with van der Waals surface area (Å²) in [7, 11) is -2.98. The monoisotopic (exact) mass is 257 g/mol. The van der Waals surface area contributed by atoms with Crippen molar-refractivity contribution in [2.75, 3.05) is 12.0 Å². The molecule has 7 heteroatoms. The predicted octanol–water partition coefficient (Wildman–Crippen LogP) is 1.14. The van der Waals surface area contributed by atoms with Gasteiger partial charge in [0.2, 0.25) is 0 Å². The molecular weight excluding hydrogens is 246 g/mol. The summed E-state index contributed by atoms with van der Waals surface area (Å²) in [6, 6.07) is 1.81. The summed E-state index contributed by atoms with van der Waals surface area (Å²) in [6.45, 7) is 0.363. The van der Waals surface area contributed by atoms with Crippen molar-refractivity contribution in [1.82, 2.24) is 14.5 Å². The maximum atomic E-state index is 11.1. The van der Waals surface area contributed by atoms with E-state index >= 15 is 0 Å². The zero-order valence-electron chi connectivity index (χ0n) is 8.67. The highest BCUT2D eigenvalue weighted by atomic mass is 32.2. The molecule has 0 spiro atoms. The molecule has 0 aliphatic heterocycles. The van der Waals surface area contributed by atoms with E-state index in [2.05, 4.69) is 9.97 Å². The number of rotatable bonds is 3. The minimum absolute atomic E-state index is 0.0799. The molecule has 2 aromatic rings. The fourth-order valence-corrected chi connectivity index (χ4v) is 2.30. The van der Waals surface area contributed by atoms with Crippen LogP contribution in [0.15, 0.2) is 18.5 Å². The van der Waals surface area contributed by atoms with Gasteiger partial charge in [-0.3, -0.25) is 4.98 Å². The molecule has 0 saturated heterocycles. The van der Waals surface area contributed by atoms with Crippen LogP contribution in [0.1, 0.15) is 0 Å². The SMILES string of the molecule is CS(=O)(=O)CCn1c(=S)[nH]c2cnccc21. The number of imidazole rings is 1. The van der Waals surface area contributed by atoms with Crippen LogP contribution in [0.3, 0.4) is 0 Å². The number of pyridine rings is 1. The number of hydrogen-bond donors (Lipinski definition) is 1. The fraction of sp³-hybridized carbons (Fsp3) is 0.333. The van der Waals surface area contributed by atoms with Crippen molar-refractivity contribution in [3.63, 3.8) is 0 Å². The normalized spacial score (nSPS) is 12.1. The van der Waals surface area contributed by atoms with Crippen LogP contribution in [0, 0.1) is 4.77 Å². The third kappa shape index (κ3) is 2.30. The highest BCUT2D eigenvalue weighted by molar-refractivity contribution is 7.90. The van der Waals surface area contributed by atoms with E-state index in [1.807, 2.05) is 6.07 Å². The third-order valence-corrected chi connectivity index (χ3v) is 3.51. The number of nitrogens with zero attached hydrogens (tertiary/aromatic N) is 2. The molecule has 0 atom stereocenters. The molecule has 0 aliphatic carbocycles. The molecule has 0 saturated carbocycles. The molecule has 16 heavy (non-hydrogen) atoms. The van der Waals surface area contributed by atoms with Crippen LogP contribution in [-0.4, -0.2) is 35.0 Å². The van der Waals surface area contributed by atoms with Crippen molar-refractivity contribution in [2.24, 2.45) is 0 Å². The topological polar surface area (TPSA) is 67.8 Å². The average Bonchev–Trinajstić information content (AvgIpc) is 2.49. The van der Waals surface area contributed by atoms with Crippen LogP contribution >= 0.6 is 12.2 Å². The Balaban J connectivity index is 2.44. The number of sulfone groups is 1. The number of H-pyrrole nitrogens is 1. The van der Waals surface area contributed by atoms with E-state index in [1.54, 1.807) is 17.0 Å². The average molecular weight is 257 g/mol. The lowest BCUT2D eigenvalue weighted by Gasteiger charge is -2.02. The van der Waals surface area contributed by atoms with Crippen LogP contribution < -0.4 is 0 Å². The fourth-order valence-electron chi connectivity index (χ4n) is 1.49. The second kappa shape index (κ2) is 3.99. The van der Waals surface area contributed by atoms with Crippen molar-refractivity contribution in [2.45, 2.75) is 6.54 Å². The van der Waals surface area contributed by atoms with Crippen molar-refractivity contribution in [3.8, 4) is 0 Å². The molecule has 1 N–H and O–H groups in total. The molecule has 0 unspecified atom stereocenters. The van der Waals surface area contributed by atoms with E-state index in [1.165, 1.54) is 6.26 Å². The van der Waals surface area contributed by atoms with Gasteiger partial charge in [-0.05, 0) is 18.3 Å². The van der Waals surface area contributed by atoms with Gasteiger partial charge in [0, 0.05) is 19.0 Å². The molecule has 0 radical (unpaired) electrons. The molecule has 0 aliphatic rings. The van der Waals surface area contributed by atoms with Crippen molar-refractivity contribution >= 4 is 33.1 Å². The Hall–Kier alpha value is -1.21. The third-order valence-electron chi connectivity index (χ3n) is 2.26. The lowest BCUT2D eigenvalue weighted by Crippen LogP contribution is -2.11. The van der Waals surface area contributed by atoms with Gasteiger partial charge in [0.25, 0.3) is 0 Å². The van der Waals surface area contributed by atoms with Crippen LogP contribution in [0.4, 0.5) is 0 Å². The number of hydrogen-bond acceptors (Lipinski definition) is 4. The van der Waals surface area contributed by atoms with Gasteiger partial charge in [0.15, 0.2) is 4.77 Å². The quantitative estimate of drug-likeness (QED) is 0.837. The summed E-state index contributed by atoms with van der Waals surface area (Å²) < 4.78 is 24.5. The Bertz CT molecular complexity index is 669. The maximum Gasteiger partial charge on any atom is 0.178 e. The first kappa shape index (κ1) is 11.3. The second-order valence-corrected chi connectivity index (χ2v) is 6.25. The van der Waals surface area contributed by atoms with Gasteiger partial charge in [0.1, 0.15) is 9.84 Å². The van der Waals surface area contributed by atoms with Gasteiger partial charge in [-0.25, -0.2) is 8.42 Å². The van der Waals surface area contributed by atoms with Crippen LogP contribution in [0.5, 0.6) is 0 Å². The Kier molecular flexibility index (Phi) is 2.81. The predicted molar refractivity (Wildman–Crippen MR) is 64.6 cm³/mol. The van der Waals surface area contributed by atoms with Gasteiger partial charge in [-0.15, -0.1) is 0 Å². The van der Waals surface area contributed by atoms with Crippen molar-refractivity contribution in [3.05, 3.63) is 23.2 Å². The molecule has 2 rings (SSSR count). The first-order valence-corrected chi connectivity index (χ1v) is 7.14. The van der Waals surface area contributed by atoms with Crippen molar-refractivity contribution in [1.29, 1.82) is 0 Å². The summed E-state index contributed by atoms with van der Waals surface area (Å²) in [5, 5.41) is 0. The van der Waals surface area contributed by atoms with Crippen LogP contribution in [0.25, 0.3) is 11.0 Å². The summed E-state index contributed by atoms with van der Waals surface area (Å²) >= 11 is 5.13. The molecular formula is C9H11N3O2S2. The first-order chi connectivity index (χ1) is 7.47. The molecule has 86 valence electrons. The van der Waals surface area contributed by atoms with Crippen molar-refractivity contribution < 1.29 is 8.42 Å². The molecule has 0 aromatic carbocycles. The minimum Gasteiger partial charge on any atom is -0.329 e. The standard InChI is InChI=1S/C9H11N3O2S2/c1-16(13,14)5-4-12-8-2-3-10-6-7(8)11-9(12)15/h2-3,6H,4-5H2,1H3,(H,11,15). The Morgan fingerprint density at radius 1 is 1.56 bits per heavy atom. The minimum atomic E-state index is -2.98. The summed E-state index contributed by atoms with van der Waals surface area (Å²) in [5.74, 6) is 0.0799. The van der Waals surface area contributed by atoms with E-state index in [0.717, 1.165) is 11.0 Å². The number of fused-ring (bicyclic) bond motifs is 1. The summed E-state index contributed by atoms with van der Waals surface area (Å²) in [4.78, 5) is 6.95. The van der Waals surface area contributed by atoms with E-state index < -0.39 is 9.84 Å². The van der Waals surface area contributed by atoms with E-state index in [9.17, 15) is 8.42 Å². The van der Waals surface area contributed by atoms with Gasteiger partial charge < -0.3 is 9.55 Å². The molecule has 2 heterocycles. The summed E-state index contributed by atoms with van der Waals surface area (Å²) in [5.41, 5.74) is 1.70. The lowest BCUT2D eigenvalue weighted by molar-refractivity contribution is 0.595. The number of aromatic nitrogens is 3. The van der Waals surface area contributed by atoms with Gasteiger partial charge in [-0.1, -0.05) is 0 Å². The smallest absolute Gasteiger partial charge is 0.178 e. The van der Waals surface area contributed by atoms with E-state index in [0.29, 0.717) is 11.3 Å². The molecule has 0 fully saturated rings. The highest BCUT2D eigenvalue weighted by Crippen LogP contribution is 2.12.